The van der Waals surface area contributed by atoms with E-state index in [4.69, 9.17) is 9.15 Å². The zero-order chi connectivity index (χ0) is 22.5. The summed E-state index contributed by atoms with van der Waals surface area (Å²) in [6.07, 6.45) is 1.37. The second-order valence-electron chi connectivity index (χ2n) is 7.10. The number of amides is 1. The molecule has 1 heterocycles. The van der Waals surface area contributed by atoms with Crippen molar-refractivity contribution in [1.82, 2.24) is 5.43 Å². The lowest BCUT2D eigenvalue weighted by Crippen LogP contribution is -2.24. The van der Waals surface area contributed by atoms with Crippen LogP contribution in [0.2, 0.25) is 0 Å². The fraction of sp³-hybridized carbons (Fsp3) is 0.0800. The van der Waals surface area contributed by atoms with Crippen LogP contribution in [-0.2, 0) is 4.79 Å². The Morgan fingerprint density at radius 1 is 1.06 bits per heavy atom. The van der Waals surface area contributed by atoms with Gasteiger partial charge < -0.3 is 14.3 Å². The fourth-order valence-electron chi connectivity index (χ4n) is 3.25. The minimum absolute atomic E-state index is 0.184. The largest absolute Gasteiger partial charge is 0.483 e. The normalized spacial score (nSPS) is 11.0. The monoisotopic (exact) mass is 428 g/mol. The standard InChI is InChI=1S/C25H20N2O5/c1-16-9-10-18(13-21(16)25(29)30)22-12-11-19(32-22)14-26-27-24(28)15-31-23-8-4-6-17-5-2-3-7-20(17)23/h2-14H,15H2,1H3,(H,27,28)(H,29,30)/b26-14+. The number of nitrogens with zero attached hydrogens (tertiary/aromatic N) is 1. The number of nitrogens with one attached hydrogen (secondary N) is 1. The first kappa shape index (κ1) is 20.9. The highest BCUT2D eigenvalue weighted by Crippen LogP contribution is 2.25. The molecule has 2 N–H and O–H groups in total. The number of hydrogen-bond donors (Lipinski definition) is 2. The summed E-state index contributed by atoms with van der Waals surface area (Å²) in [5, 5.41) is 15.1. The summed E-state index contributed by atoms with van der Waals surface area (Å²) in [5.41, 5.74) is 3.92. The smallest absolute Gasteiger partial charge is 0.335 e. The molecule has 0 unspecified atom stereocenters. The van der Waals surface area contributed by atoms with Crippen molar-refractivity contribution in [3.63, 3.8) is 0 Å². The Labute approximate surface area is 183 Å². The van der Waals surface area contributed by atoms with Crippen LogP contribution in [0.5, 0.6) is 5.75 Å². The predicted molar refractivity (Wildman–Crippen MR) is 121 cm³/mol. The molecule has 0 aliphatic rings. The first-order valence-electron chi connectivity index (χ1n) is 9.88. The molecule has 0 aliphatic heterocycles. The first-order valence-corrected chi connectivity index (χ1v) is 9.88. The molecule has 0 bridgehead atoms. The second kappa shape index (κ2) is 9.18. The molecule has 1 amide bonds. The minimum Gasteiger partial charge on any atom is -0.483 e. The molecule has 160 valence electrons. The SMILES string of the molecule is Cc1ccc(-c2ccc(/C=N/NC(=O)COc3cccc4ccccc34)o2)cc1C(=O)O. The summed E-state index contributed by atoms with van der Waals surface area (Å²) in [4.78, 5) is 23.4. The number of hydrogen-bond acceptors (Lipinski definition) is 5. The quantitative estimate of drug-likeness (QED) is 0.330. The lowest BCUT2D eigenvalue weighted by atomic mass is 10.0. The van der Waals surface area contributed by atoms with E-state index in [1.165, 1.54) is 6.21 Å². The van der Waals surface area contributed by atoms with E-state index in [-0.39, 0.29) is 12.2 Å². The average molecular weight is 428 g/mol. The molecule has 4 rings (SSSR count). The Balaban J connectivity index is 1.35. The van der Waals surface area contributed by atoms with Crippen molar-refractivity contribution >= 4 is 28.9 Å². The predicted octanol–water partition coefficient (Wildman–Crippen LogP) is 4.64. The number of carboxylic acid groups (broad SMARTS) is 1. The van der Waals surface area contributed by atoms with E-state index in [0.29, 0.717) is 28.4 Å². The number of aromatic carboxylic acids is 1. The van der Waals surface area contributed by atoms with Gasteiger partial charge in [-0.3, -0.25) is 4.79 Å². The van der Waals surface area contributed by atoms with Crippen LogP contribution >= 0.6 is 0 Å². The molecule has 0 saturated carbocycles. The lowest BCUT2D eigenvalue weighted by molar-refractivity contribution is -0.123. The lowest BCUT2D eigenvalue weighted by Gasteiger charge is -2.08. The highest BCUT2D eigenvalue weighted by molar-refractivity contribution is 5.91. The Morgan fingerprint density at radius 3 is 2.72 bits per heavy atom. The maximum atomic E-state index is 12.1. The second-order valence-corrected chi connectivity index (χ2v) is 7.10. The topological polar surface area (TPSA) is 101 Å². The van der Waals surface area contributed by atoms with Gasteiger partial charge in [-0.1, -0.05) is 48.5 Å². The van der Waals surface area contributed by atoms with E-state index >= 15 is 0 Å². The van der Waals surface area contributed by atoms with Crippen molar-refractivity contribution < 1.29 is 23.8 Å². The van der Waals surface area contributed by atoms with Gasteiger partial charge in [0, 0.05) is 10.9 Å². The van der Waals surface area contributed by atoms with Gasteiger partial charge in [-0.05, 0) is 42.1 Å². The van der Waals surface area contributed by atoms with Crippen molar-refractivity contribution in [2.45, 2.75) is 6.92 Å². The summed E-state index contributed by atoms with van der Waals surface area (Å²) in [6, 6.07) is 21.9. The number of hydrazone groups is 1. The Kier molecular flexibility index (Phi) is 5.98. The molecule has 0 saturated heterocycles. The third kappa shape index (κ3) is 4.67. The summed E-state index contributed by atoms with van der Waals surface area (Å²) in [7, 11) is 0. The summed E-state index contributed by atoms with van der Waals surface area (Å²) in [5.74, 6) is 0.126. The number of ether oxygens (including phenoxy) is 1. The Bertz CT molecular complexity index is 1320. The molecule has 0 atom stereocenters. The zero-order valence-corrected chi connectivity index (χ0v) is 17.2. The maximum Gasteiger partial charge on any atom is 0.335 e. The molecular weight excluding hydrogens is 408 g/mol. The van der Waals surface area contributed by atoms with E-state index in [1.54, 1.807) is 37.3 Å². The van der Waals surface area contributed by atoms with Crippen LogP contribution in [0, 0.1) is 6.92 Å². The molecule has 7 nitrogen and oxygen atoms in total. The zero-order valence-electron chi connectivity index (χ0n) is 17.2. The van der Waals surface area contributed by atoms with Crippen LogP contribution in [0.15, 0.2) is 82.3 Å². The Hall–Kier alpha value is -4.39. The molecular formula is C25H20N2O5. The van der Waals surface area contributed by atoms with Gasteiger partial charge in [-0.2, -0.15) is 5.10 Å². The molecule has 0 radical (unpaired) electrons. The van der Waals surface area contributed by atoms with E-state index in [1.807, 2.05) is 42.5 Å². The summed E-state index contributed by atoms with van der Waals surface area (Å²) in [6.45, 7) is 1.55. The number of fused-ring (bicyclic) bond motifs is 1. The average Bonchev–Trinajstić information content (AvgIpc) is 3.26. The van der Waals surface area contributed by atoms with Gasteiger partial charge >= 0.3 is 5.97 Å². The maximum absolute atomic E-state index is 12.1. The number of carbonyl (C=O) groups excluding carboxylic acids is 1. The van der Waals surface area contributed by atoms with Gasteiger partial charge in [0.05, 0.1) is 11.8 Å². The molecule has 0 aliphatic carbocycles. The fourth-order valence-corrected chi connectivity index (χ4v) is 3.25. The van der Waals surface area contributed by atoms with E-state index in [9.17, 15) is 14.7 Å². The molecule has 0 fully saturated rings. The number of carboxylic acids is 1. The highest BCUT2D eigenvalue weighted by atomic mass is 16.5. The third-order valence-electron chi connectivity index (χ3n) is 4.87. The summed E-state index contributed by atoms with van der Waals surface area (Å²) >= 11 is 0. The Morgan fingerprint density at radius 2 is 1.88 bits per heavy atom. The molecule has 7 heteroatoms. The van der Waals surface area contributed by atoms with Gasteiger partial charge in [0.15, 0.2) is 6.61 Å². The van der Waals surface area contributed by atoms with Crippen molar-refractivity contribution in [3.8, 4) is 17.1 Å². The summed E-state index contributed by atoms with van der Waals surface area (Å²) < 4.78 is 11.3. The van der Waals surface area contributed by atoms with Gasteiger partial charge in [0.25, 0.3) is 5.91 Å². The van der Waals surface area contributed by atoms with Gasteiger partial charge in [-0.25, -0.2) is 10.2 Å². The minimum atomic E-state index is -0.994. The molecule has 0 spiro atoms. The van der Waals surface area contributed by atoms with E-state index in [0.717, 1.165) is 10.8 Å². The molecule has 1 aromatic heterocycles. The number of furan rings is 1. The van der Waals surface area contributed by atoms with Gasteiger partial charge in [-0.15, -0.1) is 0 Å². The molecule has 3 aromatic carbocycles. The van der Waals surface area contributed by atoms with Crippen LogP contribution in [0.3, 0.4) is 0 Å². The van der Waals surface area contributed by atoms with Crippen LogP contribution in [-0.4, -0.2) is 29.8 Å². The number of benzene rings is 3. The van der Waals surface area contributed by atoms with Crippen LogP contribution < -0.4 is 10.2 Å². The van der Waals surface area contributed by atoms with Crippen molar-refractivity contribution in [3.05, 3.63) is 89.7 Å². The van der Waals surface area contributed by atoms with E-state index < -0.39 is 11.9 Å². The van der Waals surface area contributed by atoms with Crippen LogP contribution in [0.1, 0.15) is 21.7 Å². The number of rotatable bonds is 7. The first-order chi connectivity index (χ1) is 15.5. The van der Waals surface area contributed by atoms with Crippen LogP contribution in [0.25, 0.3) is 22.1 Å². The molecule has 32 heavy (non-hydrogen) atoms. The highest BCUT2D eigenvalue weighted by Gasteiger charge is 2.11. The van der Waals surface area contributed by atoms with E-state index in [2.05, 4.69) is 10.5 Å². The van der Waals surface area contributed by atoms with Crippen molar-refractivity contribution in [1.29, 1.82) is 0 Å². The van der Waals surface area contributed by atoms with Crippen molar-refractivity contribution in [2.75, 3.05) is 6.61 Å². The molecule has 4 aromatic rings. The van der Waals surface area contributed by atoms with Crippen LogP contribution in [0.4, 0.5) is 0 Å². The van der Waals surface area contributed by atoms with Gasteiger partial charge in [0.1, 0.15) is 17.3 Å². The third-order valence-corrected chi connectivity index (χ3v) is 4.87. The van der Waals surface area contributed by atoms with Gasteiger partial charge in [0.2, 0.25) is 0 Å². The van der Waals surface area contributed by atoms with Crippen molar-refractivity contribution in [2.24, 2.45) is 5.10 Å². The number of aryl methyl sites for hydroxylation is 1. The number of carbonyl (C=O) groups is 2.